The molecule has 2 rings (SSSR count). The van der Waals surface area contributed by atoms with Gasteiger partial charge in [-0.1, -0.05) is 0 Å². The number of rotatable bonds is 6. The Morgan fingerprint density at radius 3 is 2.90 bits per heavy atom. The first-order valence-corrected chi connectivity index (χ1v) is 6.51. The molecule has 0 saturated carbocycles. The van der Waals surface area contributed by atoms with Gasteiger partial charge in [-0.15, -0.1) is 0 Å². The van der Waals surface area contributed by atoms with Gasteiger partial charge in [-0.05, 0) is 19.1 Å². The summed E-state index contributed by atoms with van der Waals surface area (Å²) >= 11 is 0. The molecule has 1 aromatic carbocycles. The van der Waals surface area contributed by atoms with Gasteiger partial charge in [0.1, 0.15) is 24.2 Å². The molecular formula is C14H19F2NO3. The van der Waals surface area contributed by atoms with Gasteiger partial charge in [0.2, 0.25) is 0 Å². The second-order valence-electron chi connectivity index (χ2n) is 5.02. The maximum Gasteiger partial charge on any atom is 0.282 e. The summed E-state index contributed by atoms with van der Waals surface area (Å²) in [5.41, 5.74) is 1.83. The lowest BCUT2D eigenvalue weighted by Gasteiger charge is -2.16. The van der Waals surface area contributed by atoms with Crippen molar-refractivity contribution in [2.75, 3.05) is 20.3 Å². The molecule has 0 bridgehead atoms. The molecule has 1 aliphatic rings. The number of nitrogens with one attached hydrogen (secondary N) is 1. The fourth-order valence-corrected chi connectivity index (χ4v) is 2.25. The molecule has 0 fully saturated rings. The predicted molar refractivity (Wildman–Crippen MR) is 70.5 cm³/mol. The highest BCUT2D eigenvalue weighted by Gasteiger charge is 2.27. The Bertz CT molecular complexity index is 480. The standard InChI is InChI=1S/C14H19F2NO3/c1-9-3-10-4-12(19-2)11(5-13(10)20-9)6-17-7-14(15,16)8-18/h4-5,9,17-18H,3,6-8H2,1-2H3. The van der Waals surface area contributed by atoms with Crippen LogP contribution >= 0.6 is 0 Å². The number of halogens is 2. The van der Waals surface area contributed by atoms with E-state index >= 15 is 0 Å². The van der Waals surface area contributed by atoms with Crippen molar-refractivity contribution in [3.8, 4) is 11.5 Å². The number of ether oxygens (including phenoxy) is 2. The molecule has 1 aromatic rings. The van der Waals surface area contributed by atoms with Gasteiger partial charge in [0.25, 0.3) is 5.92 Å². The molecule has 1 heterocycles. The lowest BCUT2D eigenvalue weighted by molar-refractivity contribution is -0.0478. The topological polar surface area (TPSA) is 50.7 Å². The average Bonchev–Trinajstić information content (AvgIpc) is 2.76. The molecule has 6 heteroatoms. The van der Waals surface area contributed by atoms with Crippen LogP contribution in [0.2, 0.25) is 0 Å². The lowest BCUT2D eigenvalue weighted by atomic mass is 10.1. The van der Waals surface area contributed by atoms with Crippen molar-refractivity contribution in [1.82, 2.24) is 5.32 Å². The molecule has 1 unspecified atom stereocenters. The number of benzene rings is 1. The molecule has 112 valence electrons. The van der Waals surface area contributed by atoms with E-state index in [1.807, 2.05) is 19.1 Å². The van der Waals surface area contributed by atoms with E-state index in [9.17, 15) is 8.78 Å². The van der Waals surface area contributed by atoms with Crippen LogP contribution in [0.5, 0.6) is 11.5 Å². The number of hydrogen-bond acceptors (Lipinski definition) is 4. The predicted octanol–water partition coefficient (Wildman–Crippen LogP) is 1.74. The van der Waals surface area contributed by atoms with Gasteiger partial charge in [-0.3, -0.25) is 0 Å². The van der Waals surface area contributed by atoms with Gasteiger partial charge in [-0.2, -0.15) is 0 Å². The third-order valence-corrected chi connectivity index (χ3v) is 3.23. The van der Waals surface area contributed by atoms with Crippen LogP contribution in [0.1, 0.15) is 18.1 Å². The quantitative estimate of drug-likeness (QED) is 0.837. The highest BCUT2D eigenvalue weighted by Crippen LogP contribution is 2.34. The number of aliphatic hydroxyl groups excluding tert-OH is 1. The Morgan fingerprint density at radius 2 is 2.25 bits per heavy atom. The smallest absolute Gasteiger partial charge is 0.282 e. The molecule has 1 atom stereocenters. The van der Waals surface area contributed by atoms with Crippen molar-refractivity contribution in [2.45, 2.75) is 31.9 Å². The summed E-state index contributed by atoms with van der Waals surface area (Å²) < 4.78 is 36.8. The van der Waals surface area contributed by atoms with E-state index in [1.165, 1.54) is 0 Å². The molecule has 0 radical (unpaired) electrons. The van der Waals surface area contributed by atoms with Gasteiger partial charge in [0.05, 0.1) is 13.7 Å². The summed E-state index contributed by atoms with van der Waals surface area (Å²) in [7, 11) is 1.55. The number of fused-ring (bicyclic) bond motifs is 1. The normalized spacial score (nSPS) is 17.8. The van der Waals surface area contributed by atoms with Crippen molar-refractivity contribution in [3.05, 3.63) is 23.3 Å². The first-order valence-electron chi connectivity index (χ1n) is 6.51. The first kappa shape index (κ1) is 15.0. The molecule has 1 aliphatic heterocycles. The molecule has 0 saturated heterocycles. The van der Waals surface area contributed by atoms with E-state index in [2.05, 4.69) is 5.32 Å². The SMILES string of the molecule is COc1cc2c(cc1CNCC(F)(F)CO)OC(C)C2. The van der Waals surface area contributed by atoms with Crippen LogP contribution < -0.4 is 14.8 Å². The fraction of sp³-hybridized carbons (Fsp3) is 0.571. The minimum atomic E-state index is -3.12. The first-order chi connectivity index (χ1) is 9.45. The zero-order chi connectivity index (χ0) is 14.8. The van der Waals surface area contributed by atoms with Crippen LogP contribution in [0.25, 0.3) is 0 Å². The maximum atomic E-state index is 12.9. The Labute approximate surface area is 116 Å². The second kappa shape index (κ2) is 5.93. The highest BCUT2D eigenvalue weighted by atomic mass is 19.3. The molecule has 0 spiro atoms. The van der Waals surface area contributed by atoms with Crippen molar-refractivity contribution in [2.24, 2.45) is 0 Å². The largest absolute Gasteiger partial charge is 0.496 e. The van der Waals surface area contributed by atoms with Gasteiger partial charge >= 0.3 is 0 Å². The van der Waals surface area contributed by atoms with Crippen molar-refractivity contribution >= 4 is 0 Å². The monoisotopic (exact) mass is 287 g/mol. The van der Waals surface area contributed by atoms with E-state index in [0.717, 1.165) is 23.3 Å². The van der Waals surface area contributed by atoms with E-state index in [4.69, 9.17) is 14.6 Å². The van der Waals surface area contributed by atoms with Gasteiger partial charge in [0, 0.05) is 24.1 Å². The summed E-state index contributed by atoms with van der Waals surface area (Å²) in [6, 6.07) is 3.71. The third kappa shape index (κ3) is 3.37. The van der Waals surface area contributed by atoms with Gasteiger partial charge in [0.15, 0.2) is 0 Å². The van der Waals surface area contributed by atoms with Crippen LogP contribution in [0, 0.1) is 0 Å². The summed E-state index contributed by atoms with van der Waals surface area (Å²) in [6.07, 6.45) is 0.943. The van der Waals surface area contributed by atoms with E-state index in [1.54, 1.807) is 7.11 Å². The zero-order valence-electron chi connectivity index (χ0n) is 11.6. The average molecular weight is 287 g/mol. The summed E-state index contributed by atoms with van der Waals surface area (Å²) in [6.45, 7) is 0.457. The highest BCUT2D eigenvalue weighted by molar-refractivity contribution is 5.48. The van der Waals surface area contributed by atoms with Crippen molar-refractivity contribution < 1.29 is 23.4 Å². The summed E-state index contributed by atoms with van der Waals surface area (Å²) in [4.78, 5) is 0. The summed E-state index contributed by atoms with van der Waals surface area (Å²) in [5, 5.41) is 11.1. The van der Waals surface area contributed by atoms with Crippen LogP contribution in [0.3, 0.4) is 0 Å². The molecule has 0 aliphatic carbocycles. The molecule has 0 amide bonds. The third-order valence-electron chi connectivity index (χ3n) is 3.23. The lowest BCUT2D eigenvalue weighted by Crippen LogP contribution is -2.35. The molecule has 20 heavy (non-hydrogen) atoms. The molecular weight excluding hydrogens is 268 g/mol. The Hall–Kier alpha value is -1.40. The van der Waals surface area contributed by atoms with Gasteiger partial charge in [-0.25, -0.2) is 8.78 Å². The number of hydrogen-bond donors (Lipinski definition) is 2. The zero-order valence-corrected chi connectivity index (χ0v) is 11.6. The van der Waals surface area contributed by atoms with Crippen LogP contribution in [-0.2, 0) is 13.0 Å². The molecule has 0 aromatic heterocycles. The number of aliphatic hydroxyl groups is 1. The van der Waals surface area contributed by atoms with Crippen molar-refractivity contribution in [1.29, 1.82) is 0 Å². The van der Waals surface area contributed by atoms with Crippen LogP contribution in [0.4, 0.5) is 8.78 Å². The Morgan fingerprint density at radius 1 is 1.50 bits per heavy atom. The van der Waals surface area contributed by atoms with E-state index in [0.29, 0.717) is 5.75 Å². The van der Waals surface area contributed by atoms with E-state index < -0.39 is 19.1 Å². The van der Waals surface area contributed by atoms with Crippen LogP contribution in [0.15, 0.2) is 12.1 Å². The fourth-order valence-electron chi connectivity index (χ4n) is 2.25. The van der Waals surface area contributed by atoms with Crippen LogP contribution in [-0.4, -0.2) is 37.4 Å². The minimum Gasteiger partial charge on any atom is -0.496 e. The van der Waals surface area contributed by atoms with Crippen molar-refractivity contribution in [3.63, 3.8) is 0 Å². The minimum absolute atomic E-state index is 0.122. The van der Waals surface area contributed by atoms with Gasteiger partial charge < -0.3 is 19.9 Å². The Kier molecular flexibility index (Phi) is 4.45. The second-order valence-corrected chi connectivity index (χ2v) is 5.02. The maximum absolute atomic E-state index is 12.9. The Balaban J connectivity index is 2.06. The number of methoxy groups -OCH3 is 1. The number of alkyl halides is 2. The van der Waals surface area contributed by atoms with E-state index in [-0.39, 0.29) is 12.6 Å². The molecule has 2 N–H and O–H groups in total. The summed E-state index contributed by atoms with van der Waals surface area (Å²) in [5.74, 6) is -1.68. The molecule has 4 nitrogen and oxygen atoms in total.